The normalized spacial score (nSPS) is 24.5. The molecule has 5 nitrogen and oxygen atoms in total. The number of carbonyl (C=O) groups is 2. The molecule has 1 aromatic rings. The van der Waals surface area contributed by atoms with Crippen molar-refractivity contribution in [2.45, 2.75) is 32.2 Å². The summed E-state index contributed by atoms with van der Waals surface area (Å²) in [4.78, 5) is 26.2. The monoisotopic (exact) mass is 348 g/mol. The van der Waals surface area contributed by atoms with Crippen molar-refractivity contribution in [3.8, 4) is 0 Å². The van der Waals surface area contributed by atoms with Crippen LogP contribution in [0, 0.1) is 23.6 Å². The van der Waals surface area contributed by atoms with Gasteiger partial charge in [-0.1, -0.05) is 19.1 Å². The minimum atomic E-state index is -0.275. The molecule has 2 amide bonds. The molecule has 3 atom stereocenters. The summed E-state index contributed by atoms with van der Waals surface area (Å²) in [7, 11) is 1.40. The molecule has 0 bridgehead atoms. The van der Waals surface area contributed by atoms with E-state index in [4.69, 9.17) is 4.74 Å². The molecule has 1 aromatic carbocycles. The lowest BCUT2D eigenvalue weighted by atomic mass is 9.87. The van der Waals surface area contributed by atoms with E-state index in [9.17, 15) is 14.0 Å². The van der Waals surface area contributed by atoms with Crippen molar-refractivity contribution < 1.29 is 18.7 Å². The number of amides is 2. The Kier molecular flexibility index (Phi) is 5.25. The molecule has 1 saturated carbocycles. The molecule has 0 radical (unpaired) electrons. The molecule has 1 N–H and O–H groups in total. The number of esters is 1. The number of rotatable bonds is 4. The fraction of sp³-hybridized carbons (Fsp3) is 0.579. The number of halogens is 1. The van der Waals surface area contributed by atoms with Crippen LogP contribution in [-0.2, 0) is 9.53 Å². The molecule has 0 aromatic heterocycles. The van der Waals surface area contributed by atoms with Gasteiger partial charge < -0.3 is 15.0 Å². The van der Waals surface area contributed by atoms with Crippen molar-refractivity contribution in [1.82, 2.24) is 10.2 Å². The Balaban J connectivity index is 1.63. The van der Waals surface area contributed by atoms with Crippen molar-refractivity contribution in [3.63, 3.8) is 0 Å². The van der Waals surface area contributed by atoms with E-state index in [1.54, 1.807) is 17.0 Å². The van der Waals surface area contributed by atoms with Crippen LogP contribution in [0.25, 0.3) is 0 Å². The number of urea groups is 1. The van der Waals surface area contributed by atoms with Crippen molar-refractivity contribution in [2.24, 2.45) is 17.8 Å². The summed E-state index contributed by atoms with van der Waals surface area (Å²) in [5, 5.41) is 3.11. The topological polar surface area (TPSA) is 58.6 Å². The van der Waals surface area contributed by atoms with Gasteiger partial charge in [0.1, 0.15) is 5.82 Å². The lowest BCUT2D eigenvalue weighted by molar-refractivity contribution is -0.148. The van der Waals surface area contributed by atoms with E-state index in [1.807, 2.05) is 6.92 Å². The van der Waals surface area contributed by atoms with Gasteiger partial charge in [0.15, 0.2) is 0 Å². The lowest BCUT2D eigenvalue weighted by Crippen LogP contribution is -2.49. The number of benzene rings is 1. The highest BCUT2D eigenvalue weighted by Gasteiger charge is 2.37. The standard InChI is InChI=1S/C19H25FN2O3/c1-12-11-22(10-9-16(12)18(23)25-2)19(24)21-17(13-3-4-13)14-5-7-15(20)8-6-14/h5-8,12-13,16-17H,3-4,9-11H2,1-2H3,(H,21,24)/t12-,16-,17-/m1/s1. The Labute approximate surface area is 147 Å². The molecule has 0 spiro atoms. The summed E-state index contributed by atoms with van der Waals surface area (Å²) in [5.41, 5.74) is 0.940. The van der Waals surface area contributed by atoms with Gasteiger partial charge in [-0.2, -0.15) is 0 Å². The number of hydrogen-bond donors (Lipinski definition) is 1. The molecular weight excluding hydrogens is 323 g/mol. The number of likely N-dealkylation sites (tertiary alicyclic amines) is 1. The average Bonchev–Trinajstić information content (AvgIpc) is 3.44. The minimum Gasteiger partial charge on any atom is -0.469 e. The van der Waals surface area contributed by atoms with Crippen molar-refractivity contribution in [2.75, 3.05) is 20.2 Å². The van der Waals surface area contributed by atoms with Crippen LogP contribution in [-0.4, -0.2) is 37.1 Å². The van der Waals surface area contributed by atoms with Crippen LogP contribution in [0.1, 0.15) is 37.8 Å². The van der Waals surface area contributed by atoms with Gasteiger partial charge >= 0.3 is 12.0 Å². The number of piperidine rings is 1. The molecule has 25 heavy (non-hydrogen) atoms. The van der Waals surface area contributed by atoms with E-state index < -0.39 is 0 Å². The molecule has 1 heterocycles. The zero-order chi connectivity index (χ0) is 18.0. The molecule has 3 rings (SSSR count). The van der Waals surface area contributed by atoms with Gasteiger partial charge in [0.25, 0.3) is 0 Å². The Morgan fingerprint density at radius 2 is 1.92 bits per heavy atom. The van der Waals surface area contributed by atoms with Crippen LogP contribution in [0.2, 0.25) is 0 Å². The molecule has 2 aliphatic rings. The number of methoxy groups -OCH3 is 1. The molecular formula is C19H25FN2O3. The van der Waals surface area contributed by atoms with Gasteiger partial charge in [-0.3, -0.25) is 4.79 Å². The van der Waals surface area contributed by atoms with Gasteiger partial charge in [0, 0.05) is 13.1 Å². The Morgan fingerprint density at radius 3 is 2.48 bits per heavy atom. The molecule has 136 valence electrons. The SMILES string of the molecule is COC(=O)[C@@H]1CCN(C(=O)N[C@@H](c2ccc(F)cc2)C2CC2)C[C@H]1C. The quantitative estimate of drug-likeness (QED) is 0.851. The first kappa shape index (κ1) is 17.7. The van der Waals surface area contributed by atoms with E-state index >= 15 is 0 Å². The van der Waals surface area contributed by atoms with Crippen LogP contribution < -0.4 is 5.32 Å². The van der Waals surface area contributed by atoms with E-state index in [0.717, 1.165) is 18.4 Å². The number of nitrogens with zero attached hydrogens (tertiary/aromatic N) is 1. The highest BCUT2D eigenvalue weighted by molar-refractivity contribution is 5.76. The summed E-state index contributed by atoms with van der Waals surface area (Å²) in [6.07, 6.45) is 2.76. The van der Waals surface area contributed by atoms with E-state index in [2.05, 4.69) is 5.32 Å². The number of ether oxygens (including phenoxy) is 1. The van der Waals surface area contributed by atoms with Crippen LogP contribution in [0.4, 0.5) is 9.18 Å². The summed E-state index contributed by atoms with van der Waals surface area (Å²) in [6.45, 7) is 3.04. The second-order valence-electron chi connectivity index (χ2n) is 7.16. The predicted octanol–water partition coefficient (Wildman–Crippen LogP) is 3.12. The first-order valence-electron chi connectivity index (χ1n) is 8.88. The Bertz CT molecular complexity index is 630. The van der Waals surface area contributed by atoms with Gasteiger partial charge in [-0.05, 0) is 48.8 Å². The summed E-state index contributed by atoms with van der Waals surface area (Å²) >= 11 is 0. The molecule has 2 fully saturated rings. The second kappa shape index (κ2) is 7.42. The van der Waals surface area contributed by atoms with Crippen LogP contribution >= 0.6 is 0 Å². The van der Waals surface area contributed by atoms with Crippen LogP contribution in [0.3, 0.4) is 0 Å². The Morgan fingerprint density at radius 1 is 1.24 bits per heavy atom. The van der Waals surface area contributed by atoms with Crippen molar-refractivity contribution in [1.29, 1.82) is 0 Å². The fourth-order valence-corrected chi connectivity index (χ4v) is 3.63. The molecule has 1 aliphatic carbocycles. The molecule has 0 unspecified atom stereocenters. The highest BCUT2D eigenvalue weighted by atomic mass is 19.1. The number of carbonyl (C=O) groups excluding carboxylic acids is 2. The molecule has 1 saturated heterocycles. The van der Waals surface area contributed by atoms with Gasteiger partial charge in [-0.15, -0.1) is 0 Å². The lowest BCUT2D eigenvalue weighted by Gasteiger charge is -2.36. The fourth-order valence-electron chi connectivity index (χ4n) is 3.63. The third-order valence-corrected chi connectivity index (χ3v) is 5.30. The largest absolute Gasteiger partial charge is 0.469 e. The van der Waals surface area contributed by atoms with Crippen molar-refractivity contribution >= 4 is 12.0 Å². The van der Waals surface area contributed by atoms with Gasteiger partial charge in [0.2, 0.25) is 0 Å². The third kappa shape index (κ3) is 4.11. The molecule has 6 heteroatoms. The van der Waals surface area contributed by atoms with Crippen molar-refractivity contribution in [3.05, 3.63) is 35.6 Å². The van der Waals surface area contributed by atoms with Crippen LogP contribution in [0.5, 0.6) is 0 Å². The number of hydrogen-bond acceptors (Lipinski definition) is 3. The maximum Gasteiger partial charge on any atom is 0.317 e. The third-order valence-electron chi connectivity index (χ3n) is 5.30. The smallest absolute Gasteiger partial charge is 0.317 e. The first-order valence-corrected chi connectivity index (χ1v) is 8.88. The summed E-state index contributed by atoms with van der Waals surface area (Å²) < 4.78 is 18.0. The van der Waals surface area contributed by atoms with E-state index in [1.165, 1.54) is 19.2 Å². The van der Waals surface area contributed by atoms with Gasteiger partial charge in [0.05, 0.1) is 19.1 Å². The van der Waals surface area contributed by atoms with E-state index in [0.29, 0.717) is 25.4 Å². The average molecular weight is 348 g/mol. The zero-order valence-electron chi connectivity index (χ0n) is 14.7. The second-order valence-corrected chi connectivity index (χ2v) is 7.16. The summed E-state index contributed by atoms with van der Waals surface area (Å²) in [5.74, 6) is -0.139. The first-order chi connectivity index (χ1) is 12.0. The number of nitrogens with one attached hydrogen (secondary N) is 1. The summed E-state index contributed by atoms with van der Waals surface area (Å²) in [6, 6.07) is 6.15. The van der Waals surface area contributed by atoms with Gasteiger partial charge in [-0.25, -0.2) is 9.18 Å². The highest BCUT2D eigenvalue weighted by Crippen LogP contribution is 2.41. The zero-order valence-corrected chi connectivity index (χ0v) is 14.7. The maximum atomic E-state index is 13.2. The Hall–Kier alpha value is -2.11. The van der Waals surface area contributed by atoms with Crippen LogP contribution in [0.15, 0.2) is 24.3 Å². The van der Waals surface area contributed by atoms with E-state index in [-0.39, 0.29) is 35.7 Å². The molecule has 1 aliphatic heterocycles. The predicted molar refractivity (Wildman–Crippen MR) is 91.3 cm³/mol. The minimum absolute atomic E-state index is 0.0668. The maximum absolute atomic E-state index is 13.2.